The molecule has 1 fully saturated rings. The van der Waals surface area contributed by atoms with Crippen LogP contribution in [0.3, 0.4) is 0 Å². The summed E-state index contributed by atoms with van der Waals surface area (Å²) in [5, 5.41) is 3.10. The van der Waals surface area contributed by atoms with Crippen LogP contribution in [0.2, 0.25) is 0 Å². The number of carbonyl (C=O) groups excluding carboxylic acids is 1. The Balaban J connectivity index is 2.08. The summed E-state index contributed by atoms with van der Waals surface area (Å²) in [6, 6.07) is 3.99. The quantitative estimate of drug-likeness (QED) is 0.796. The number of anilines is 1. The molecule has 134 valence electrons. The van der Waals surface area contributed by atoms with Crippen LogP contribution in [-0.4, -0.2) is 62.3 Å². The normalized spacial score (nSPS) is 17.3. The van der Waals surface area contributed by atoms with Crippen molar-refractivity contribution in [2.75, 3.05) is 45.7 Å². The Bertz CT molecular complexity index is 548. The highest BCUT2D eigenvalue weighted by Gasteiger charge is 2.23. The van der Waals surface area contributed by atoms with E-state index in [0.29, 0.717) is 13.1 Å². The molecule has 0 spiro atoms. The summed E-state index contributed by atoms with van der Waals surface area (Å²) >= 11 is 3.50. The van der Waals surface area contributed by atoms with Gasteiger partial charge in [0, 0.05) is 36.4 Å². The molecule has 1 N–H and O–H groups in total. The van der Waals surface area contributed by atoms with E-state index in [1.807, 2.05) is 45.0 Å². The van der Waals surface area contributed by atoms with Crippen molar-refractivity contribution < 1.29 is 9.53 Å². The summed E-state index contributed by atoms with van der Waals surface area (Å²) in [7, 11) is 4.04. The molecule has 1 heterocycles. The van der Waals surface area contributed by atoms with Crippen molar-refractivity contribution in [3.8, 4) is 0 Å². The van der Waals surface area contributed by atoms with Crippen LogP contribution in [0.15, 0.2) is 16.6 Å². The number of halogens is 1. The number of nitrogens with zero attached hydrogens (tertiary/aromatic N) is 2. The number of amides is 2. The van der Waals surface area contributed by atoms with Crippen LogP contribution in [0.1, 0.15) is 24.0 Å². The molecule has 1 aliphatic rings. The van der Waals surface area contributed by atoms with Gasteiger partial charge in [0.25, 0.3) is 0 Å². The zero-order chi connectivity index (χ0) is 17.7. The van der Waals surface area contributed by atoms with Gasteiger partial charge in [-0.1, -0.05) is 15.9 Å². The number of ether oxygens (including phenoxy) is 1. The van der Waals surface area contributed by atoms with Crippen LogP contribution in [-0.2, 0) is 4.74 Å². The van der Waals surface area contributed by atoms with Crippen molar-refractivity contribution in [2.24, 2.45) is 0 Å². The van der Waals surface area contributed by atoms with E-state index in [-0.39, 0.29) is 12.1 Å². The second-order valence-corrected chi connectivity index (χ2v) is 7.64. The molecule has 1 aromatic carbocycles. The third kappa shape index (κ3) is 5.46. The maximum absolute atomic E-state index is 12.8. The standard InChI is InChI=1S/C18H28BrN3O2/c1-13-10-15(19)11-14(2)17(13)20-18(23)22(8-7-21(3)4)12-16-6-5-9-24-16/h10-11,16H,5-9,12H2,1-4H3,(H,20,23). The average Bonchev–Trinajstić information content (AvgIpc) is 2.99. The van der Waals surface area contributed by atoms with Gasteiger partial charge in [-0.25, -0.2) is 4.79 Å². The van der Waals surface area contributed by atoms with Gasteiger partial charge in [0.15, 0.2) is 0 Å². The lowest BCUT2D eigenvalue weighted by atomic mass is 10.1. The summed E-state index contributed by atoms with van der Waals surface area (Å²) < 4.78 is 6.74. The van der Waals surface area contributed by atoms with Gasteiger partial charge in [0.05, 0.1) is 6.10 Å². The molecule has 2 amide bonds. The fraction of sp³-hybridized carbons (Fsp3) is 0.611. The third-order valence-corrected chi connectivity index (χ3v) is 4.74. The maximum Gasteiger partial charge on any atom is 0.321 e. The summed E-state index contributed by atoms with van der Waals surface area (Å²) in [6.07, 6.45) is 2.27. The molecule has 1 unspecified atom stereocenters. The van der Waals surface area contributed by atoms with Gasteiger partial charge in [-0.3, -0.25) is 0 Å². The molecule has 0 saturated carbocycles. The van der Waals surface area contributed by atoms with Gasteiger partial charge in [-0.2, -0.15) is 0 Å². The molecule has 24 heavy (non-hydrogen) atoms. The fourth-order valence-electron chi connectivity index (χ4n) is 2.92. The second kappa shape index (κ2) is 8.83. The first-order valence-corrected chi connectivity index (χ1v) is 9.25. The van der Waals surface area contributed by atoms with Crippen molar-refractivity contribution in [2.45, 2.75) is 32.8 Å². The molecule has 1 aliphatic heterocycles. The molecule has 0 aromatic heterocycles. The maximum atomic E-state index is 12.8. The number of benzene rings is 1. The third-order valence-electron chi connectivity index (χ3n) is 4.28. The van der Waals surface area contributed by atoms with Gasteiger partial charge < -0.3 is 19.9 Å². The Morgan fingerprint density at radius 3 is 2.50 bits per heavy atom. The first-order chi connectivity index (χ1) is 11.4. The minimum absolute atomic E-state index is 0.0547. The number of carbonyl (C=O) groups is 1. The van der Waals surface area contributed by atoms with Gasteiger partial charge in [0.2, 0.25) is 0 Å². The predicted molar refractivity (Wildman–Crippen MR) is 102 cm³/mol. The van der Waals surface area contributed by atoms with Crippen LogP contribution in [0.4, 0.5) is 10.5 Å². The molecule has 0 aliphatic carbocycles. The van der Waals surface area contributed by atoms with E-state index in [2.05, 4.69) is 26.1 Å². The monoisotopic (exact) mass is 397 g/mol. The number of rotatable bonds is 6. The number of likely N-dealkylation sites (N-methyl/N-ethyl adjacent to an activating group) is 1. The number of aryl methyl sites for hydroxylation is 2. The van der Waals surface area contributed by atoms with E-state index in [1.54, 1.807) is 0 Å². The average molecular weight is 398 g/mol. The van der Waals surface area contributed by atoms with Gasteiger partial charge in [0.1, 0.15) is 0 Å². The van der Waals surface area contributed by atoms with Crippen molar-refractivity contribution in [3.05, 3.63) is 27.7 Å². The van der Waals surface area contributed by atoms with Crippen molar-refractivity contribution >= 4 is 27.6 Å². The highest BCUT2D eigenvalue weighted by Crippen LogP contribution is 2.25. The molecule has 2 rings (SSSR count). The van der Waals surface area contributed by atoms with Crippen LogP contribution < -0.4 is 5.32 Å². The van der Waals surface area contributed by atoms with Gasteiger partial charge >= 0.3 is 6.03 Å². The number of nitrogens with one attached hydrogen (secondary N) is 1. The predicted octanol–water partition coefficient (Wildman–Crippen LogP) is 3.64. The summed E-state index contributed by atoms with van der Waals surface area (Å²) in [4.78, 5) is 16.8. The second-order valence-electron chi connectivity index (χ2n) is 6.73. The first kappa shape index (κ1) is 19.2. The number of hydrogen-bond donors (Lipinski definition) is 1. The summed E-state index contributed by atoms with van der Waals surface area (Å²) in [6.45, 7) is 6.99. The minimum Gasteiger partial charge on any atom is -0.376 e. The Morgan fingerprint density at radius 2 is 1.96 bits per heavy atom. The lowest BCUT2D eigenvalue weighted by Crippen LogP contribution is -2.43. The Labute approximate surface area is 153 Å². The highest BCUT2D eigenvalue weighted by atomic mass is 79.9. The van der Waals surface area contributed by atoms with E-state index in [9.17, 15) is 4.79 Å². The minimum atomic E-state index is -0.0547. The van der Waals surface area contributed by atoms with E-state index >= 15 is 0 Å². The van der Waals surface area contributed by atoms with E-state index in [1.165, 1.54) is 0 Å². The number of hydrogen-bond acceptors (Lipinski definition) is 3. The molecular weight excluding hydrogens is 370 g/mol. The largest absolute Gasteiger partial charge is 0.376 e. The smallest absolute Gasteiger partial charge is 0.321 e. The molecule has 1 aromatic rings. The van der Waals surface area contributed by atoms with Gasteiger partial charge in [-0.05, 0) is 64.0 Å². The molecule has 5 nitrogen and oxygen atoms in total. The SMILES string of the molecule is Cc1cc(Br)cc(C)c1NC(=O)N(CCN(C)C)CC1CCCO1. The Kier molecular flexibility index (Phi) is 7.07. The van der Waals surface area contributed by atoms with Gasteiger partial charge in [-0.15, -0.1) is 0 Å². The van der Waals surface area contributed by atoms with Crippen LogP contribution in [0.5, 0.6) is 0 Å². The van der Waals surface area contributed by atoms with E-state index in [4.69, 9.17) is 4.74 Å². The highest BCUT2D eigenvalue weighted by molar-refractivity contribution is 9.10. The van der Waals surface area contributed by atoms with E-state index < -0.39 is 0 Å². The molecule has 1 saturated heterocycles. The van der Waals surface area contributed by atoms with Crippen molar-refractivity contribution in [1.82, 2.24) is 9.80 Å². The summed E-state index contributed by atoms with van der Waals surface area (Å²) in [5.41, 5.74) is 3.00. The van der Waals surface area contributed by atoms with Crippen LogP contribution in [0, 0.1) is 13.8 Å². The lowest BCUT2D eigenvalue weighted by molar-refractivity contribution is 0.0820. The van der Waals surface area contributed by atoms with Crippen LogP contribution in [0.25, 0.3) is 0 Å². The van der Waals surface area contributed by atoms with Crippen molar-refractivity contribution in [1.29, 1.82) is 0 Å². The topological polar surface area (TPSA) is 44.8 Å². The lowest BCUT2D eigenvalue weighted by Gasteiger charge is -2.27. The summed E-state index contributed by atoms with van der Waals surface area (Å²) in [5.74, 6) is 0. The molecule has 0 bridgehead atoms. The molecular formula is C18H28BrN3O2. The Morgan fingerprint density at radius 1 is 1.29 bits per heavy atom. The van der Waals surface area contributed by atoms with Crippen LogP contribution >= 0.6 is 15.9 Å². The first-order valence-electron chi connectivity index (χ1n) is 8.46. The molecule has 1 atom stereocenters. The number of urea groups is 1. The zero-order valence-corrected chi connectivity index (χ0v) is 16.6. The van der Waals surface area contributed by atoms with E-state index in [0.717, 1.165) is 47.3 Å². The van der Waals surface area contributed by atoms with Crippen molar-refractivity contribution in [3.63, 3.8) is 0 Å². The molecule has 6 heteroatoms. The molecule has 0 radical (unpaired) electrons. The Hall–Kier alpha value is -1.11. The fourth-order valence-corrected chi connectivity index (χ4v) is 3.61. The zero-order valence-electron chi connectivity index (χ0n) is 15.1.